The number of rotatable bonds is 6. The van der Waals surface area contributed by atoms with Gasteiger partial charge in [0.25, 0.3) is 0 Å². The molecule has 248 valence electrons. The van der Waals surface area contributed by atoms with E-state index in [0.717, 1.165) is 33.8 Å². The summed E-state index contributed by atoms with van der Waals surface area (Å²) in [4.78, 5) is 17.9. The second-order valence-electron chi connectivity index (χ2n) is 14.2. The second kappa shape index (κ2) is 13.1. The molecule has 0 aliphatic heterocycles. The fraction of sp³-hybridized carbons (Fsp3) is 0.267. The van der Waals surface area contributed by atoms with Crippen LogP contribution in [0.3, 0.4) is 0 Å². The molecule has 0 amide bonds. The Kier molecular flexibility index (Phi) is 9.02. The fourth-order valence-corrected chi connectivity index (χ4v) is 7.50. The van der Waals surface area contributed by atoms with E-state index in [-0.39, 0.29) is 0 Å². The molecule has 0 spiro atoms. The summed E-state index contributed by atoms with van der Waals surface area (Å²) in [5.74, 6) is 2.13. The van der Waals surface area contributed by atoms with Crippen molar-refractivity contribution in [2.24, 2.45) is 0 Å². The maximum atomic E-state index is 5.29. The van der Waals surface area contributed by atoms with Crippen molar-refractivity contribution >= 4 is 11.4 Å². The molecule has 6 aromatic rings. The number of aryl methyl sites for hydroxylation is 8. The first-order valence-corrected chi connectivity index (χ1v) is 17.2. The van der Waals surface area contributed by atoms with Crippen LogP contribution in [0.15, 0.2) is 72.8 Å². The van der Waals surface area contributed by atoms with Gasteiger partial charge in [-0.3, -0.25) is 0 Å². The van der Waals surface area contributed by atoms with Crippen LogP contribution in [0.1, 0.15) is 61.2 Å². The first kappa shape index (κ1) is 33.8. The molecule has 0 aliphatic carbocycles. The van der Waals surface area contributed by atoms with Crippen molar-refractivity contribution in [3.63, 3.8) is 0 Å². The summed E-state index contributed by atoms with van der Waals surface area (Å²) >= 11 is 0. The molecule has 1 heterocycles. The lowest BCUT2D eigenvalue weighted by molar-refractivity contribution is 1.05. The van der Waals surface area contributed by atoms with E-state index in [2.05, 4.69) is 161 Å². The van der Waals surface area contributed by atoms with Gasteiger partial charge in [-0.15, -0.1) is 0 Å². The maximum absolute atomic E-state index is 5.29. The average Bonchev–Trinajstić information content (AvgIpc) is 3.03. The summed E-state index contributed by atoms with van der Waals surface area (Å²) in [6, 6.07) is 26.7. The molecule has 4 heteroatoms. The van der Waals surface area contributed by atoms with Crippen molar-refractivity contribution in [3.8, 4) is 45.3 Å². The molecule has 0 saturated heterocycles. The minimum atomic E-state index is 0.699. The van der Waals surface area contributed by atoms with E-state index in [1.54, 1.807) is 0 Å². The van der Waals surface area contributed by atoms with Crippen molar-refractivity contribution in [1.29, 1.82) is 0 Å². The van der Waals surface area contributed by atoms with Crippen LogP contribution in [0.4, 0.5) is 11.4 Å². The molecule has 0 bridgehead atoms. The lowest BCUT2D eigenvalue weighted by Crippen LogP contribution is -2.09. The Morgan fingerprint density at radius 2 is 0.816 bits per heavy atom. The lowest BCUT2D eigenvalue weighted by Gasteiger charge is -2.22. The molecule has 0 fully saturated rings. The number of hydrogen-bond acceptors (Lipinski definition) is 4. The van der Waals surface area contributed by atoms with E-state index in [9.17, 15) is 0 Å². The van der Waals surface area contributed by atoms with Gasteiger partial charge in [0.1, 0.15) is 0 Å². The minimum Gasteiger partial charge on any atom is -0.345 e. The quantitative estimate of drug-likeness (QED) is 0.181. The van der Waals surface area contributed by atoms with Gasteiger partial charge in [-0.25, -0.2) is 15.0 Å². The number of benzene rings is 5. The van der Waals surface area contributed by atoms with Gasteiger partial charge in [-0.1, -0.05) is 47.5 Å². The predicted molar refractivity (Wildman–Crippen MR) is 208 cm³/mol. The molecule has 6 rings (SSSR count). The maximum Gasteiger partial charge on any atom is 0.164 e. The first-order valence-electron chi connectivity index (χ1n) is 17.2. The van der Waals surface area contributed by atoms with Crippen molar-refractivity contribution < 1.29 is 0 Å². The molecule has 0 aliphatic rings. The standard InChI is InChI=1S/C45H48N4/c1-25-17-26(2)20-37(19-25)43-46-44(48-45(47-43)42-33(9)29(5)23-30(6)34(42)10)41-32(8)24-31(7)40(35(41)11)36-13-15-38(16-14-36)49(12)39-21-27(3)18-28(4)22-39/h13-24H,1-12H3. The summed E-state index contributed by atoms with van der Waals surface area (Å²) in [7, 11) is 2.13. The van der Waals surface area contributed by atoms with Gasteiger partial charge < -0.3 is 4.90 Å². The van der Waals surface area contributed by atoms with Gasteiger partial charge in [0, 0.05) is 35.1 Å². The van der Waals surface area contributed by atoms with E-state index in [1.807, 2.05) is 0 Å². The third-order valence-electron chi connectivity index (χ3n) is 10.0. The highest BCUT2D eigenvalue weighted by atomic mass is 15.1. The largest absolute Gasteiger partial charge is 0.345 e. The molecular formula is C45H48N4. The number of anilines is 2. The zero-order chi connectivity index (χ0) is 35.3. The smallest absolute Gasteiger partial charge is 0.164 e. The Bertz CT molecular complexity index is 2180. The van der Waals surface area contributed by atoms with Crippen LogP contribution < -0.4 is 4.90 Å². The van der Waals surface area contributed by atoms with Gasteiger partial charge in [0.05, 0.1) is 0 Å². The number of nitrogens with zero attached hydrogens (tertiary/aromatic N) is 4. The van der Waals surface area contributed by atoms with Gasteiger partial charge in [0.15, 0.2) is 17.5 Å². The van der Waals surface area contributed by atoms with Crippen molar-refractivity contribution in [1.82, 2.24) is 15.0 Å². The highest BCUT2D eigenvalue weighted by molar-refractivity contribution is 5.83. The third kappa shape index (κ3) is 6.53. The predicted octanol–water partition coefficient (Wildman–Crippen LogP) is 11.7. The van der Waals surface area contributed by atoms with Crippen molar-refractivity contribution in [2.45, 2.75) is 76.2 Å². The summed E-state index contributed by atoms with van der Waals surface area (Å²) in [5, 5.41) is 0. The monoisotopic (exact) mass is 644 g/mol. The van der Waals surface area contributed by atoms with Gasteiger partial charge in [0.2, 0.25) is 0 Å². The van der Waals surface area contributed by atoms with Gasteiger partial charge >= 0.3 is 0 Å². The Morgan fingerprint density at radius 1 is 0.367 bits per heavy atom. The van der Waals surface area contributed by atoms with Crippen LogP contribution in [0.25, 0.3) is 45.3 Å². The number of hydrogen-bond donors (Lipinski definition) is 0. The Balaban J connectivity index is 1.53. The molecule has 0 unspecified atom stereocenters. The van der Waals surface area contributed by atoms with E-state index in [4.69, 9.17) is 15.0 Å². The van der Waals surface area contributed by atoms with Crippen LogP contribution in [0.2, 0.25) is 0 Å². The second-order valence-corrected chi connectivity index (χ2v) is 14.2. The molecule has 0 radical (unpaired) electrons. The SMILES string of the molecule is Cc1cc(C)cc(-c2nc(-c3c(C)cc(C)c(-c4ccc(N(C)c5cc(C)cc(C)c5)cc4)c3C)nc(-c3c(C)c(C)cc(C)c3C)n2)c1. The topological polar surface area (TPSA) is 41.9 Å². The lowest BCUT2D eigenvalue weighted by atomic mass is 9.88. The van der Waals surface area contributed by atoms with Crippen LogP contribution in [-0.4, -0.2) is 22.0 Å². The summed E-state index contributed by atoms with van der Waals surface area (Å²) in [6.45, 7) is 23.9. The first-order chi connectivity index (χ1) is 23.2. The molecule has 49 heavy (non-hydrogen) atoms. The van der Waals surface area contributed by atoms with E-state index < -0.39 is 0 Å². The summed E-state index contributed by atoms with van der Waals surface area (Å²) < 4.78 is 0. The normalized spacial score (nSPS) is 11.3. The van der Waals surface area contributed by atoms with Crippen LogP contribution in [-0.2, 0) is 0 Å². The van der Waals surface area contributed by atoms with Crippen molar-refractivity contribution in [3.05, 3.63) is 134 Å². The Hall–Kier alpha value is -5.09. The van der Waals surface area contributed by atoms with E-state index >= 15 is 0 Å². The molecule has 0 atom stereocenters. The van der Waals surface area contributed by atoms with E-state index in [0.29, 0.717) is 11.6 Å². The highest BCUT2D eigenvalue weighted by Gasteiger charge is 2.22. The molecule has 0 saturated carbocycles. The Morgan fingerprint density at radius 3 is 1.37 bits per heavy atom. The fourth-order valence-electron chi connectivity index (χ4n) is 7.50. The van der Waals surface area contributed by atoms with Gasteiger partial charge in [-0.05, 0) is 174 Å². The summed E-state index contributed by atoms with van der Waals surface area (Å²) in [6.07, 6.45) is 0. The zero-order valence-corrected chi connectivity index (χ0v) is 31.2. The molecule has 5 aromatic carbocycles. The average molecular weight is 645 g/mol. The van der Waals surface area contributed by atoms with Crippen LogP contribution in [0, 0.1) is 76.2 Å². The number of aromatic nitrogens is 3. The molecule has 1 aromatic heterocycles. The third-order valence-corrected chi connectivity index (χ3v) is 10.0. The van der Waals surface area contributed by atoms with Gasteiger partial charge in [-0.2, -0.15) is 0 Å². The molecule has 4 nitrogen and oxygen atoms in total. The van der Waals surface area contributed by atoms with Crippen molar-refractivity contribution in [2.75, 3.05) is 11.9 Å². The summed E-state index contributed by atoms with van der Waals surface area (Å²) in [5.41, 5.74) is 21.3. The Labute approximate surface area is 293 Å². The van der Waals surface area contributed by atoms with Crippen LogP contribution >= 0.6 is 0 Å². The molecular weight excluding hydrogens is 597 g/mol. The highest BCUT2D eigenvalue weighted by Crippen LogP contribution is 2.39. The van der Waals surface area contributed by atoms with Crippen LogP contribution in [0.5, 0.6) is 0 Å². The minimum absolute atomic E-state index is 0.699. The molecule has 0 N–H and O–H groups in total. The zero-order valence-electron chi connectivity index (χ0n) is 31.2. The van der Waals surface area contributed by atoms with E-state index in [1.165, 1.54) is 72.4 Å².